The Morgan fingerprint density at radius 1 is 1.33 bits per heavy atom. The number of hydrogen-bond acceptors (Lipinski definition) is 2. The first-order chi connectivity index (χ1) is 7.19. The lowest BCUT2D eigenvalue weighted by Crippen LogP contribution is -2.23. The monoisotopic (exact) mass is 227 g/mol. The Balaban J connectivity index is 2.74. The summed E-state index contributed by atoms with van der Waals surface area (Å²) in [5.74, 6) is 0.216. The number of phenols is 1. The first-order valence-electron chi connectivity index (χ1n) is 5.37. The molecule has 0 fully saturated rings. The molecule has 1 aromatic rings. The summed E-state index contributed by atoms with van der Waals surface area (Å²) in [6, 6.07) is 5.49. The number of phenolic OH excluding ortho intramolecular Hbond substituents is 1. The number of para-hydroxylation sites is 1. The molecule has 0 radical (unpaired) electrons. The zero-order valence-corrected chi connectivity index (χ0v) is 10.1. The molecule has 15 heavy (non-hydrogen) atoms. The lowest BCUT2D eigenvalue weighted by Gasteiger charge is -2.20. The van der Waals surface area contributed by atoms with Crippen LogP contribution in [0, 0.1) is 0 Å². The van der Waals surface area contributed by atoms with Crippen molar-refractivity contribution in [3.63, 3.8) is 0 Å². The average molecular weight is 228 g/mol. The summed E-state index contributed by atoms with van der Waals surface area (Å²) >= 11 is 5.85. The molecule has 0 bridgehead atoms. The van der Waals surface area contributed by atoms with E-state index in [2.05, 4.69) is 18.7 Å². The number of hydrogen-bond donors (Lipinski definition) is 1. The fraction of sp³-hybridized carbons (Fsp3) is 0.500. The van der Waals surface area contributed by atoms with Gasteiger partial charge in [-0.3, -0.25) is 4.90 Å². The Morgan fingerprint density at radius 3 is 2.67 bits per heavy atom. The van der Waals surface area contributed by atoms with Crippen molar-refractivity contribution in [3.8, 4) is 5.75 Å². The van der Waals surface area contributed by atoms with Crippen LogP contribution in [0.15, 0.2) is 18.2 Å². The van der Waals surface area contributed by atoms with Crippen molar-refractivity contribution in [2.45, 2.75) is 26.8 Å². The molecular weight excluding hydrogens is 210 g/mol. The molecule has 1 aromatic carbocycles. The van der Waals surface area contributed by atoms with Gasteiger partial charge in [-0.25, -0.2) is 0 Å². The van der Waals surface area contributed by atoms with Crippen LogP contribution in [0.4, 0.5) is 0 Å². The van der Waals surface area contributed by atoms with Crippen molar-refractivity contribution >= 4 is 11.6 Å². The molecule has 0 atom stereocenters. The van der Waals surface area contributed by atoms with Gasteiger partial charge < -0.3 is 5.11 Å². The van der Waals surface area contributed by atoms with Crippen molar-refractivity contribution in [3.05, 3.63) is 28.8 Å². The lowest BCUT2D eigenvalue weighted by molar-refractivity contribution is 0.276. The van der Waals surface area contributed by atoms with E-state index in [1.165, 1.54) is 0 Å². The summed E-state index contributed by atoms with van der Waals surface area (Å²) in [4.78, 5) is 2.28. The molecule has 0 spiro atoms. The Bertz CT molecular complexity index is 314. The van der Waals surface area contributed by atoms with Gasteiger partial charge in [0.15, 0.2) is 0 Å². The van der Waals surface area contributed by atoms with Crippen LogP contribution >= 0.6 is 11.6 Å². The van der Waals surface area contributed by atoms with Crippen LogP contribution in [-0.4, -0.2) is 23.1 Å². The predicted octanol–water partition coefficient (Wildman–Crippen LogP) is 3.28. The minimum absolute atomic E-state index is 0.216. The zero-order chi connectivity index (χ0) is 11.3. The van der Waals surface area contributed by atoms with Crippen LogP contribution in [0.2, 0.25) is 5.02 Å². The molecule has 0 unspecified atom stereocenters. The van der Waals surface area contributed by atoms with Gasteiger partial charge in [0.1, 0.15) is 5.75 Å². The molecule has 0 aliphatic heterocycles. The molecule has 0 aliphatic carbocycles. The highest BCUT2D eigenvalue weighted by atomic mass is 35.5. The smallest absolute Gasteiger partial charge is 0.138 e. The van der Waals surface area contributed by atoms with Crippen molar-refractivity contribution < 1.29 is 5.11 Å². The zero-order valence-electron chi connectivity index (χ0n) is 9.33. The van der Waals surface area contributed by atoms with Crippen LogP contribution < -0.4 is 0 Å². The van der Waals surface area contributed by atoms with Gasteiger partial charge >= 0.3 is 0 Å². The second kappa shape index (κ2) is 5.99. The van der Waals surface area contributed by atoms with E-state index in [0.29, 0.717) is 5.02 Å². The minimum Gasteiger partial charge on any atom is -0.506 e. The summed E-state index contributed by atoms with van der Waals surface area (Å²) in [6.07, 6.45) is 1.12. The standard InChI is InChI=1S/C12H18ClNO/c1-3-8-14(4-2)9-10-6-5-7-11(13)12(10)15/h5-7,15H,3-4,8-9H2,1-2H3. The summed E-state index contributed by atoms with van der Waals surface area (Å²) in [6.45, 7) is 7.07. The van der Waals surface area contributed by atoms with Gasteiger partial charge in [-0.05, 0) is 25.6 Å². The van der Waals surface area contributed by atoms with Crippen molar-refractivity contribution in [1.82, 2.24) is 4.90 Å². The van der Waals surface area contributed by atoms with Gasteiger partial charge in [0.2, 0.25) is 0 Å². The first kappa shape index (κ1) is 12.3. The highest BCUT2D eigenvalue weighted by Crippen LogP contribution is 2.27. The van der Waals surface area contributed by atoms with E-state index < -0.39 is 0 Å². The van der Waals surface area contributed by atoms with E-state index in [1.807, 2.05) is 12.1 Å². The predicted molar refractivity (Wildman–Crippen MR) is 64.4 cm³/mol. The van der Waals surface area contributed by atoms with Crippen LogP contribution in [0.1, 0.15) is 25.8 Å². The Labute approximate surface area is 96.5 Å². The minimum atomic E-state index is 0.216. The lowest BCUT2D eigenvalue weighted by atomic mass is 10.2. The number of benzene rings is 1. The van der Waals surface area contributed by atoms with Crippen LogP contribution in [0.25, 0.3) is 0 Å². The SMILES string of the molecule is CCCN(CC)Cc1cccc(Cl)c1O. The van der Waals surface area contributed by atoms with Gasteiger partial charge in [-0.1, -0.05) is 37.6 Å². The molecule has 1 rings (SSSR count). The molecule has 0 heterocycles. The van der Waals surface area contributed by atoms with Gasteiger partial charge in [-0.15, -0.1) is 0 Å². The largest absolute Gasteiger partial charge is 0.506 e. The molecule has 0 saturated heterocycles. The second-order valence-corrected chi connectivity index (χ2v) is 4.02. The summed E-state index contributed by atoms with van der Waals surface area (Å²) in [5, 5.41) is 10.2. The maximum Gasteiger partial charge on any atom is 0.138 e. The van der Waals surface area contributed by atoms with Gasteiger partial charge in [0, 0.05) is 12.1 Å². The van der Waals surface area contributed by atoms with E-state index in [1.54, 1.807) is 6.07 Å². The maximum atomic E-state index is 9.75. The Hall–Kier alpha value is -0.730. The molecular formula is C12H18ClNO. The topological polar surface area (TPSA) is 23.5 Å². The average Bonchev–Trinajstić information content (AvgIpc) is 2.24. The quantitative estimate of drug-likeness (QED) is 0.835. The van der Waals surface area contributed by atoms with Gasteiger partial charge in [0.25, 0.3) is 0 Å². The number of aromatic hydroxyl groups is 1. The maximum absolute atomic E-state index is 9.75. The molecule has 3 heteroatoms. The van der Waals surface area contributed by atoms with Crippen molar-refractivity contribution in [1.29, 1.82) is 0 Å². The van der Waals surface area contributed by atoms with Crippen molar-refractivity contribution in [2.75, 3.05) is 13.1 Å². The van der Waals surface area contributed by atoms with E-state index in [-0.39, 0.29) is 5.75 Å². The van der Waals surface area contributed by atoms with E-state index >= 15 is 0 Å². The molecule has 0 aliphatic rings. The van der Waals surface area contributed by atoms with E-state index in [9.17, 15) is 5.11 Å². The molecule has 0 saturated carbocycles. The normalized spacial score (nSPS) is 10.9. The van der Waals surface area contributed by atoms with Crippen LogP contribution in [0.3, 0.4) is 0 Å². The molecule has 1 N–H and O–H groups in total. The first-order valence-corrected chi connectivity index (χ1v) is 5.75. The summed E-state index contributed by atoms with van der Waals surface area (Å²) < 4.78 is 0. The fourth-order valence-electron chi connectivity index (χ4n) is 1.59. The number of halogens is 1. The molecule has 2 nitrogen and oxygen atoms in total. The summed E-state index contributed by atoms with van der Waals surface area (Å²) in [5.41, 5.74) is 0.901. The van der Waals surface area contributed by atoms with Crippen molar-refractivity contribution in [2.24, 2.45) is 0 Å². The van der Waals surface area contributed by atoms with Gasteiger partial charge in [0.05, 0.1) is 5.02 Å². The van der Waals surface area contributed by atoms with Crippen LogP contribution in [-0.2, 0) is 6.54 Å². The highest BCUT2D eigenvalue weighted by Gasteiger charge is 2.08. The third kappa shape index (κ3) is 3.40. The third-order valence-electron chi connectivity index (χ3n) is 2.45. The highest BCUT2D eigenvalue weighted by molar-refractivity contribution is 6.32. The molecule has 84 valence electrons. The number of nitrogens with zero attached hydrogens (tertiary/aromatic N) is 1. The summed E-state index contributed by atoms with van der Waals surface area (Å²) in [7, 11) is 0. The second-order valence-electron chi connectivity index (χ2n) is 3.62. The van der Waals surface area contributed by atoms with E-state index in [0.717, 1.165) is 31.6 Å². The Kier molecular flexibility index (Phi) is 4.92. The fourth-order valence-corrected chi connectivity index (χ4v) is 1.79. The van der Waals surface area contributed by atoms with Crippen LogP contribution in [0.5, 0.6) is 5.75 Å². The third-order valence-corrected chi connectivity index (χ3v) is 2.76. The molecule has 0 aromatic heterocycles. The molecule has 0 amide bonds. The Morgan fingerprint density at radius 2 is 2.07 bits per heavy atom. The van der Waals surface area contributed by atoms with Gasteiger partial charge in [-0.2, -0.15) is 0 Å². The number of rotatable bonds is 5. The van der Waals surface area contributed by atoms with E-state index in [4.69, 9.17) is 11.6 Å².